The summed E-state index contributed by atoms with van der Waals surface area (Å²) in [5.74, 6) is 0. The molecule has 0 bridgehead atoms. The normalized spacial score (nSPS) is 18.0. The van der Waals surface area contributed by atoms with Crippen LogP contribution in [0.3, 0.4) is 0 Å². The van der Waals surface area contributed by atoms with Crippen molar-refractivity contribution in [2.75, 3.05) is 13.1 Å². The first kappa shape index (κ1) is 13.5. The number of rotatable bonds is 3. The van der Waals surface area contributed by atoms with Gasteiger partial charge in [0.15, 0.2) is 0 Å². The summed E-state index contributed by atoms with van der Waals surface area (Å²) in [4.78, 5) is 0. The maximum Gasteiger partial charge on any atom is 0.274 e. The number of halogens is 1. The predicted octanol–water partition coefficient (Wildman–Crippen LogP) is 0.732. The van der Waals surface area contributed by atoms with Crippen molar-refractivity contribution in [3.63, 3.8) is 0 Å². The monoisotopic (exact) mass is 266 g/mol. The summed E-state index contributed by atoms with van der Waals surface area (Å²) in [7, 11) is -3.46. The zero-order valence-corrected chi connectivity index (χ0v) is 10.3. The zero-order valence-electron chi connectivity index (χ0n) is 8.68. The summed E-state index contributed by atoms with van der Waals surface area (Å²) in [5.41, 5.74) is 0. The number of sulfonamides is 1. The molecule has 0 radical (unpaired) electrons. The van der Waals surface area contributed by atoms with Crippen LogP contribution in [0.25, 0.3) is 0 Å². The van der Waals surface area contributed by atoms with E-state index in [-0.39, 0.29) is 23.5 Å². The predicted molar refractivity (Wildman–Crippen MR) is 62.2 cm³/mol. The fraction of sp³-hybridized carbons (Fsp3) is 0.556. The zero-order chi connectivity index (χ0) is 10.7. The molecule has 0 saturated carbocycles. The van der Waals surface area contributed by atoms with E-state index in [9.17, 15) is 8.42 Å². The van der Waals surface area contributed by atoms with E-state index in [1.54, 1.807) is 6.07 Å². The van der Waals surface area contributed by atoms with Crippen molar-refractivity contribution in [3.05, 3.63) is 18.4 Å². The average molecular weight is 267 g/mol. The smallest absolute Gasteiger partial charge is 0.274 e. The van der Waals surface area contributed by atoms with Crippen LogP contribution in [0, 0.1) is 0 Å². The number of nitrogens with one attached hydrogen (secondary N) is 2. The first-order chi connectivity index (χ1) is 7.18. The third-order valence-corrected chi connectivity index (χ3v) is 3.83. The van der Waals surface area contributed by atoms with Crippen molar-refractivity contribution in [3.8, 4) is 0 Å². The molecule has 92 valence electrons. The summed E-state index contributed by atoms with van der Waals surface area (Å²) >= 11 is 0. The van der Waals surface area contributed by atoms with E-state index in [1.165, 1.54) is 12.3 Å². The largest absolute Gasteiger partial charge is 0.452 e. The lowest BCUT2D eigenvalue weighted by Gasteiger charge is -2.22. The van der Waals surface area contributed by atoms with Gasteiger partial charge in [-0.05, 0) is 38.1 Å². The summed E-state index contributed by atoms with van der Waals surface area (Å²) in [5, 5.41) is 3.16. The van der Waals surface area contributed by atoms with Crippen molar-refractivity contribution < 1.29 is 12.8 Å². The van der Waals surface area contributed by atoms with Gasteiger partial charge in [-0.2, -0.15) is 0 Å². The maximum absolute atomic E-state index is 11.7. The Morgan fingerprint density at radius 3 is 2.62 bits per heavy atom. The van der Waals surface area contributed by atoms with Gasteiger partial charge < -0.3 is 9.73 Å². The average Bonchev–Trinajstić information content (AvgIpc) is 2.71. The van der Waals surface area contributed by atoms with Crippen molar-refractivity contribution >= 4 is 22.4 Å². The maximum atomic E-state index is 11.7. The number of furan rings is 1. The van der Waals surface area contributed by atoms with Gasteiger partial charge >= 0.3 is 0 Å². The van der Waals surface area contributed by atoms with E-state index in [4.69, 9.17) is 4.42 Å². The van der Waals surface area contributed by atoms with Crippen LogP contribution in [0.5, 0.6) is 0 Å². The highest BCUT2D eigenvalue weighted by atomic mass is 35.5. The van der Waals surface area contributed by atoms with Gasteiger partial charge in [0, 0.05) is 6.04 Å². The van der Waals surface area contributed by atoms with E-state index < -0.39 is 10.0 Å². The van der Waals surface area contributed by atoms with Crippen LogP contribution in [-0.2, 0) is 10.0 Å². The molecule has 7 heteroatoms. The van der Waals surface area contributed by atoms with Crippen molar-refractivity contribution in [2.45, 2.75) is 24.0 Å². The van der Waals surface area contributed by atoms with Crippen molar-refractivity contribution in [1.29, 1.82) is 0 Å². The Labute approximate surface area is 101 Å². The quantitative estimate of drug-likeness (QED) is 0.846. The number of hydrogen-bond donors (Lipinski definition) is 2. The molecule has 0 aliphatic carbocycles. The molecule has 1 aliphatic rings. The van der Waals surface area contributed by atoms with Crippen LogP contribution in [0.1, 0.15) is 12.8 Å². The summed E-state index contributed by atoms with van der Waals surface area (Å²) in [6.07, 6.45) is 3.00. The van der Waals surface area contributed by atoms with Crippen LogP contribution < -0.4 is 10.0 Å². The van der Waals surface area contributed by atoms with Gasteiger partial charge in [0.25, 0.3) is 10.0 Å². The third-order valence-electron chi connectivity index (χ3n) is 2.42. The van der Waals surface area contributed by atoms with E-state index in [0.717, 1.165) is 25.9 Å². The molecule has 2 rings (SSSR count). The van der Waals surface area contributed by atoms with E-state index in [0.29, 0.717) is 0 Å². The minimum atomic E-state index is -3.46. The van der Waals surface area contributed by atoms with Gasteiger partial charge in [-0.15, -0.1) is 12.4 Å². The van der Waals surface area contributed by atoms with Crippen LogP contribution in [0.2, 0.25) is 0 Å². The molecule has 2 N–H and O–H groups in total. The molecule has 0 aromatic carbocycles. The molecule has 1 saturated heterocycles. The van der Waals surface area contributed by atoms with E-state index >= 15 is 0 Å². The van der Waals surface area contributed by atoms with E-state index in [1.807, 2.05) is 0 Å². The molecule has 0 amide bonds. The fourth-order valence-electron chi connectivity index (χ4n) is 1.63. The standard InChI is InChI=1S/C9H14N2O3S.ClH/c12-15(13,9-2-1-7-14-9)11-8-3-5-10-6-4-8;/h1-2,7-8,10-11H,3-6H2;1H. The second-order valence-corrected chi connectivity index (χ2v) is 5.22. The first-order valence-electron chi connectivity index (χ1n) is 4.95. The summed E-state index contributed by atoms with van der Waals surface area (Å²) in [6, 6.07) is 3.03. The Morgan fingerprint density at radius 1 is 1.38 bits per heavy atom. The molecule has 2 heterocycles. The fourth-order valence-corrected chi connectivity index (χ4v) is 2.86. The molecule has 1 fully saturated rings. The molecular formula is C9H15ClN2O3S. The van der Waals surface area contributed by atoms with Gasteiger partial charge in [0.2, 0.25) is 5.09 Å². The molecule has 1 aromatic heterocycles. The van der Waals surface area contributed by atoms with Crippen LogP contribution >= 0.6 is 12.4 Å². The Hall–Kier alpha value is -0.560. The lowest BCUT2D eigenvalue weighted by atomic mass is 10.1. The topological polar surface area (TPSA) is 71.3 Å². The number of piperidine rings is 1. The minimum absolute atomic E-state index is 0. The lowest BCUT2D eigenvalue weighted by molar-refractivity contribution is 0.409. The molecule has 0 atom stereocenters. The minimum Gasteiger partial charge on any atom is -0.452 e. The molecular weight excluding hydrogens is 252 g/mol. The van der Waals surface area contributed by atoms with Gasteiger partial charge in [0.1, 0.15) is 0 Å². The highest BCUT2D eigenvalue weighted by Gasteiger charge is 2.23. The lowest BCUT2D eigenvalue weighted by Crippen LogP contribution is -2.42. The van der Waals surface area contributed by atoms with E-state index in [2.05, 4.69) is 10.0 Å². The van der Waals surface area contributed by atoms with Crippen LogP contribution in [-0.4, -0.2) is 27.5 Å². The van der Waals surface area contributed by atoms with Gasteiger partial charge in [0.05, 0.1) is 6.26 Å². The third kappa shape index (κ3) is 3.21. The number of hydrogen-bond acceptors (Lipinski definition) is 4. The molecule has 1 aliphatic heterocycles. The Balaban J connectivity index is 0.00000128. The molecule has 1 aromatic rings. The second-order valence-electron chi connectivity index (χ2n) is 3.58. The van der Waals surface area contributed by atoms with Gasteiger partial charge in [-0.1, -0.05) is 0 Å². The highest BCUT2D eigenvalue weighted by Crippen LogP contribution is 2.12. The van der Waals surface area contributed by atoms with Gasteiger partial charge in [-0.3, -0.25) is 0 Å². The first-order valence-corrected chi connectivity index (χ1v) is 6.43. The summed E-state index contributed by atoms with van der Waals surface area (Å²) in [6.45, 7) is 1.71. The Kier molecular flexibility index (Phi) is 4.79. The SMILES string of the molecule is Cl.O=S(=O)(NC1CCNCC1)c1ccco1. The molecule has 0 unspecified atom stereocenters. The molecule has 5 nitrogen and oxygen atoms in total. The van der Waals surface area contributed by atoms with Gasteiger partial charge in [-0.25, -0.2) is 13.1 Å². The van der Waals surface area contributed by atoms with Crippen LogP contribution in [0.4, 0.5) is 0 Å². The summed E-state index contributed by atoms with van der Waals surface area (Å²) < 4.78 is 31.0. The highest BCUT2D eigenvalue weighted by molar-refractivity contribution is 7.89. The van der Waals surface area contributed by atoms with Crippen molar-refractivity contribution in [1.82, 2.24) is 10.0 Å². The Morgan fingerprint density at radius 2 is 2.06 bits per heavy atom. The van der Waals surface area contributed by atoms with Crippen molar-refractivity contribution in [2.24, 2.45) is 0 Å². The molecule has 0 spiro atoms. The second kappa shape index (κ2) is 5.67. The molecule has 16 heavy (non-hydrogen) atoms. The Bertz CT molecular complexity index is 398. The van der Waals surface area contributed by atoms with Crippen LogP contribution in [0.15, 0.2) is 27.9 Å².